The molecular formula is C7H12N2O. The average Bonchev–Trinajstić information content (AvgIpc) is 1.99. The van der Waals surface area contributed by atoms with Crippen molar-refractivity contribution in [2.75, 3.05) is 0 Å². The highest BCUT2D eigenvalue weighted by molar-refractivity contribution is 5.60. The number of nitrogens with zero attached hydrogens (tertiary/aromatic N) is 2. The lowest BCUT2D eigenvalue weighted by atomic mass is 9.94. The lowest BCUT2D eigenvalue weighted by Gasteiger charge is -2.08. The summed E-state index contributed by atoms with van der Waals surface area (Å²) in [4.78, 5) is 0. The molecule has 0 bridgehead atoms. The molecule has 0 aromatic rings. The van der Waals surface area contributed by atoms with Gasteiger partial charge in [0.15, 0.2) is 0 Å². The Morgan fingerprint density at radius 1 is 1.80 bits per heavy atom. The summed E-state index contributed by atoms with van der Waals surface area (Å²) in [5, 5.41) is 19.5. The first-order valence-corrected chi connectivity index (χ1v) is 3.33. The van der Waals surface area contributed by atoms with Gasteiger partial charge in [-0.2, -0.15) is 5.26 Å². The van der Waals surface area contributed by atoms with Crippen LogP contribution in [0.25, 0.3) is 0 Å². The SMILES string of the molecule is CCC(C=NO)C(C)C#N. The molecule has 0 rings (SSSR count). The maximum atomic E-state index is 8.47. The molecule has 56 valence electrons. The molecular weight excluding hydrogens is 128 g/mol. The van der Waals surface area contributed by atoms with Crippen molar-refractivity contribution in [3.05, 3.63) is 0 Å². The van der Waals surface area contributed by atoms with Crippen LogP contribution in [-0.4, -0.2) is 11.4 Å². The minimum atomic E-state index is -0.0686. The summed E-state index contributed by atoms with van der Waals surface area (Å²) in [6, 6.07) is 2.10. The standard InChI is InChI=1S/C7H12N2O/c1-3-7(5-9-10)6(2)4-8/h5-7,10H,3H2,1-2H3. The molecule has 0 saturated carbocycles. The van der Waals surface area contributed by atoms with E-state index < -0.39 is 0 Å². The molecule has 3 nitrogen and oxygen atoms in total. The van der Waals surface area contributed by atoms with E-state index >= 15 is 0 Å². The van der Waals surface area contributed by atoms with Gasteiger partial charge in [0.1, 0.15) is 0 Å². The smallest absolute Gasteiger partial charge is 0.0659 e. The predicted octanol–water partition coefficient (Wildman–Crippen LogP) is 1.63. The monoisotopic (exact) mass is 140 g/mol. The number of hydrogen-bond acceptors (Lipinski definition) is 3. The lowest BCUT2D eigenvalue weighted by Crippen LogP contribution is -2.09. The van der Waals surface area contributed by atoms with Gasteiger partial charge in [0, 0.05) is 12.1 Å². The maximum Gasteiger partial charge on any atom is 0.0659 e. The van der Waals surface area contributed by atoms with Gasteiger partial charge in [0.25, 0.3) is 0 Å². The largest absolute Gasteiger partial charge is 0.411 e. The maximum absolute atomic E-state index is 8.47. The van der Waals surface area contributed by atoms with E-state index in [0.29, 0.717) is 0 Å². The Kier molecular flexibility index (Phi) is 4.30. The second-order valence-corrected chi connectivity index (χ2v) is 2.25. The Morgan fingerprint density at radius 2 is 2.40 bits per heavy atom. The normalized spacial score (nSPS) is 16.5. The quantitative estimate of drug-likeness (QED) is 0.368. The second-order valence-electron chi connectivity index (χ2n) is 2.25. The van der Waals surface area contributed by atoms with Crippen LogP contribution in [0.2, 0.25) is 0 Å². The van der Waals surface area contributed by atoms with Crippen LogP contribution >= 0.6 is 0 Å². The third kappa shape index (κ3) is 2.49. The summed E-state index contributed by atoms with van der Waals surface area (Å²) in [6.07, 6.45) is 2.24. The van der Waals surface area contributed by atoms with Gasteiger partial charge >= 0.3 is 0 Å². The van der Waals surface area contributed by atoms with Crippen LogP contribution < -0.4 is 0 Å². The average molecular weight is 140 g/mol. The highest BCUT2D eigenvalue weighted by atomic mass is 16.4. The van der Waals surface area contributed by atoms with Gasteiger partial charge in [-0.3, -0.25) is 0 Å². The van der Waals surface area contributed by atoms with E-state index in [1.165, 1.54) is 6.21 Å². The van der Waals surface area contributed by atoms with E-state index in [1.807, 2.05) is 13.8 Å². The molecule has 0 heterocycles. The van der Waals surface area contributed by atoms with Crippen LogP contribution in [0, 0.1) is 23.2 Å². The minimum absolute atomic E-state index is 0.0686. The van der Waals surface area contributed by atoms with Crippen molar-refractivity contribution in [3.8, 4) is 6.07 Å². The molecule has 1 N–H and O–H groups in total. The van der Waals surface area contributed by atoms with Crippen molar-refractivity contribution in [1.82, 2.24) is 0 Å². The van der Waals surface area contributed by atoms with Crippen molar-refractivity contribution in [2.45, 2.75) is 20.3 Å². The Bertz CT molecular complexity index is 148. The molecule has 0 spiro atoms. The molecule has 0 saturated heterocycles. The van der Waals surface area contributed by atoms with E-state index in [-0.39, 0.29) is 11.8 Å². The Hall–Kier alpha value is -1.04. The van der Waals surface area contributed by atoms with E-state index in [9.17, 15) is 0 Å². The summed E-state index contributed by atoms with van der Waals surface area (Å²) < 4.78 is 0. The molecule has 0 aliphatic rings. The van der Waals surface area contributed by atoms with Crippen molar-refractivity contribution >= 4 is 6.21 Å². The number of hydrogen-bond donors (Lipinski definition) is 1. The van der Waals surface area contributed by atoms with Crippen molar-refractivity contribution < 1.29 is 5.21 Å². The molecule has 3 heteroatoms. The molecule has 0 aliphatic carbocycles. The fourth-order valence-corrected chi connectivity index (χ4v) is 0.769. The molecule has 0 aliphatic heterocycles. The lowest BCUT2D eigenvalue weighted by molar-refractivity contribution is 0.316. The third-order valence-electron chi connectivity index (χ3n) is 1.58. The zero-order valence-corrected chi connectivity index (χ0v) is 6.28. The second kappa shape index (κ2) is 4.80. The summed E-state index contributed by atoms with van der Waals surface area (Å²) >= 11 is 0. The first kappa shape index (κ1) is 8.96. The molecule has 0 aromatic heterocycles. The number of rotatable bonds is 3. The first-order chi connectivity index (χ1) is 4.76. The highest BCUT2D eigenvalue weighted by Gasteiger charge is 2.11. The molecule has 0 aromatic carbocycles. The summed E-state index contributed by atoms with van der Waals surface area (Å²) in [7, 11) is 0. The van der Waals surface area contributed by atoms with Crippen LogP contribution in [0.3, 0.4) is 0 Å². The van der Waals surface area contributed by atoms with Crippen LogP contribution in [0.15, 0.2) is 5.16 Å². The molecule has 0 fully saturated rings. The molecule has 0 radical (unpaired) electrons. The fraction of sp³-hybridized carbons (Fsp3) is 0.714. The number of oxime groups is 1. The molecule has 0 amide bonds. The Balaban J connectivity index is 3.95. The topological polar surface area (TPSA) is 56.4 Å². The van der Waals surface area contributed by atoms with Gasteiger partial charge in [0.05, 0.1) is 12.0 Å². The highest BCUT2D eigenvalue weighted by Crippen LogP contribution is 2.11. The fourth-order valence-electron chi connectivity index (χ4n) is 0.769. The molecule has 2 unspecified atom stereocenters. The van der Waals surface area contributed by atoms with Gasteiger partial charge in [0.2, 0.25) is 0 Å². The van der Waals surface area contributed by atoms with E-state index in [0.717, 1.165) is 6.42 Å². The van der Waals surface area contributed by atoms with E-state index in [1.54, 1.807) is 0 Å². The van der Waals surface area contributed by atoms with Crippen molar-refractivity contribution in [1.29, 1.82) is 5.26 Å². The van der Waals surface area contributed by atoms with Crippen molar-refractivity contribution in [2.24, 2.45) is 17.0 Å². The predicted molar refractivity (Wildman–Crippen MR) is 38.8 cm³/mol. The summed E-state index contributed by atoms with van der Waals surface area (Å²) in [6.45, 7) is 3.77. The molecule has 10 heavy (non-hydrogen) atoms. The van der Waals surface area contributed by atoms with Crippen LogP contribution in [0.4, 0.5) is 0 Å². The Labute approximate surface area is 61.0 Å². The summed E-state index contributed by atoms with van der Waals surface area (Å²) in [5.41, 5.74) is 0. The van der Waals surface area contributed by atoms with Crippen LogP contribution in [0.5, 0.6) is 0 Å². The minimum Gasteiger partial charge on any atom is -0.411 e. The van der Waals surface area contributed by atoms with Crippen molar-refractivity contribution in [3.63, 3.8) is 0 Å². The zero-order valence-electron chi connectivity index (χ0n) is 6.28. The summed E-state index contributed by atoms with van der Waals surface area (Å²) in [5.74, 6) is 0.0101. The van der Waals surface area contributed by atoms with Gasteiger partial charge < -0.3 is 5.21 Å². The first-order valence-electron chi connectivity index (χ1n) is 3.33. The van der Waals surface area contributed by atoms with Gasteiger partial charge in [-0.05, 0) is 13.3 Å². The zero-order chi connectivity index (χ0) is 7.98. The van der Waals surface area contributed by atoms with Gasteiger partial charge in [-0.1, -0.05) is 6.92 Å². The van der Waals surface area contributed by atoms with Gasteiger partial charge in [-0.25, -0.2) is 0 Å². The molecule has 2 atom stereocenters. The van der Waals surface area contributed by atoms with E-state index in [2.05, 4.69) is 11.2 Å². The van der Waals surface area contributed by atoms with E-state index in [4.69, 9.17) is 10.5 Å². The number of nitriles is 1. The van der Waals surface area contributed by atoms with Gasteiger partial charge in [-0.15, -0.1) is 5.16 Å². The van der Waals surface area contributed by atoms with Crippen LogP contribution in [-0.2, 0) is 0 Å². The van der Waals surface area contributed by atoms with Crippen LogP contribution in [0.1, 0.15) is 20.3 Å². The Morgan fingerprint density at radius 3 is 2.70 bits per heavy atom. The third-order valence-corrected chi connectivity index (χ3v) is 1.58.